The van der Waals surface area contributed by atoms with Crippen molar-refractivity contribution in [2.24, 2.45) is 0 Å². The monoisotopic (exact) mass is 225 g/mol. The fraction of sp³-hybridized carbons (Fsp3) is 0.364. The van der Waals surface area contributed by atoms with Gasteiger partial charge in [-0.05, 0) is 12.5 Å². The molecule has 0 N–H and O–H groups in total. The molecule has 0 amide bonds. The number of carbonyl (C=O) groups excluding carboxylic acids is 1. The molecule has 1 aromatic rings. The molecule has 3 nitrogen and oxygen atoms in total. The van der Waals surface area contributed by atoms with Gasteiger partial charge in [0.05, 0.1) is 7.11 Å². The van der Waals surface area contributed by atoms with Crippen LogP contribution in [0.1, 0.15) is 20.8 Å². The van der Waals surface area contributed by atoms with Gasteiger partial charge in [-0.2, -0.15) is 0 Å². The molecule has 0 radical (unpaired) electrons. The summed E-state index contributed by atoms with van der Waals surface area (Å²) in [7, 11) is 5.25. The van der Waals surface area contributed by atoms with E-state index >= 15 is 0 Å². The lowest BCUT2D eigenvalue weighted by Gasteiger charge is -2.15. The van der Waals surface area contributed by atoms with Crippen LogP contribution in [0.25, 0.3) is 5.70 Å². The van der Waals surface area contributed by atoms with Crippen LogP contribution in [0.4, 0.5) is 0 Å². The summed E-state index contributed by atoms with van der Waals surface area (Å²) < 4.78 is 4.70. The van der Waals surface area contributed by atoms with Gasteiger partial charge in [-0.25, -0.2) is 4.79 Å². The minimum absolute atomic E-state index is 0.282. The number of carbonyl (C=O) groups is 1. The first-order chi connectivity index (χ1) is 6.99. The topological polar surface area (TPSA) is 29.5 Å². The van der Waals surface area contributed by atoms with Crippen molar-refractivity contribution in [1.82, 2.24) is 4.90 Å². The van der Waals surface area contributed by atoms with Gasteiger partial charge in [0.15, 0.2) is 0 Å². The molecule has 0 unspecified atom stereocenters. The number of hydrogen-bond acceptors (Lipinski definition) is 4. The Morgan fingerprint density at radius 1 is 1.53 bits per heavy atom. The van der Waals surface area contributed by atoms with Gasteiger partial charge in [0, 0.05) is 30.7 Å². The average Bonchev–Trinajstić information content (AvgIpc) is 2.57. The van der Waals surface area contributed by atoms with Crippen LogP contribution in [0, 0.1) is 6.92 Å². The van der Waals surface area contributed by atoms with Crippen molar-refractivity contribution in [3.05, 3.63) is 28.0 Å². The lowest BCUT2D eigenvalue weighted by molar-refractivity contribution is 0.0605. The molecule has 4 heteroatoms. The van der Waals surface area contributed by atoms with Gasteiger partial charge in [-0.15, -0.1) is 11.3 Å². The second-order valence-electron chi connectivity index (χ2n) is 3.44. The van der Waals surface area contributed by atoms with E-state index in [-0.39, 0.29) is 5.97 Å². The van der Waals surface area contributed by atoms with Crippen molar-refractivity contribution in [2.45, 2.75) is 6.92 Å². The zero-order chi connectivity index (χ0) is 11.6. The van der Waals surface area contributed by atoms with E-state index in [4.69, 9.17) is 4.74 Å². The predicted molar refractivity (Wildman–Crippen MR) is 63.1 cm³/mol. The van der Waals surface area contributed by atoms with E-state index < -0.39 is 0 Å². The summed E-state index contributed by atoms with van der Waals surface area (Å²) in [6.07, 6.45) is 0. The smallest absolute Gasteiger partial charge is 0.348 e. The lowest BCUT2D eigenvalue weighted by Crippen LogP contribution is -2.09. The Morgan fingerprint density at radius 2 is 2.13 bits per heavy atom. The molecule has 0 aliphatic carbocycles. The van der Waals surface area contributed by atoms with E-state index in [1.54, 1.807) is 0 Å². The van der Waals surface area contributed by atoms with Gasteiger partial charge in [0.2, 0.25) is 0 Å². The van der Waals surface area contributed by atoms with Crippen molar-refractivity contribution in [1.29, 1.82) is 0 Å². The molecule has 0 saturated heterocycles. The van der Waals surface area contributed by atoms with Crippen LogP contribution in [0.15, 0.2) is 12.0 Å². The molecule has 1 heterocycles. The van der Waals surface area contributed by atoms with Crippen molar-refractivity contribution in [3.63, 3.8) is 0 Å². The zero-order valence-corrected chi connectivity index (χ0v) is 10.3. The minimum Gasteiger partial charge on any atom is -0.465 e. The number of ether oxygens (including phenoxy) is 1. The molecule has 82 valence electrons. The highest BCUT2D eigenvalue weighted by molar-refractivity contribution is 7.12. The summed E-state index contributed by atoms with van der Waals surface area (Å²) in [6.45, 7) is 5.87. The summed E-state index contributed by atoms with van der Waals surface area (Å²) >= 11 is 1.39. The van der Waals surface area contributed by atoms with Gasteiger partial charge in [-0.3, -0.25) is 0 Å². The van der Waals surface area contributed by atoms with E-state index in [0.717, 1.165) is 16.8 Å². The van der Waals surface area contributed by atoms with Crippen LogP contribution in [0.3, 0.4) is 0 Å². The second-order valence-corrected chi connectivity index (χ2v) is 4.32. The molecule has 0 bridgehead atoms. The molecule has 0 atom stereocenters. The van der Waals surface area contributed by atoms with Crippen molar-refractivity contribution >= 4 is 23.0 Å². The first kappa shape index (κ1) is 11.8. The van der Waals surface area contributed by atoms with E-state index in [1.807, 2.05) is 31.3 Å². The van der Waals surface area contributed by atoms with Crippen molar-refractivity contribution < 1.29 is 9.53 Å². The van der Waals surface area contributed by atoms with Crippen LogP contribution >= 0.6 is 11.3 Å². The maximum absolute atomic E-state index is 11.4. The van der Waals surface area contributed by atoms with E-state index in [0.29, 0.717) is 4.88 Å². The quantitative estimate of drug-likeness (QED) is 0.740. The van der Waals surface area contributed by atoms with Crippen LogP contribution in [0.5, 0.6) is 0 Å². The van der Waals surface area contributed by atoms with E-state index in [2.05, 4.69) is 6.58 Å². The third kappa shape index (κ3) is 2.21. The summed E-state index contributed by atoms with van der Waals surface area (Å²) in [5.41, 5.74) is 2.84. The number of esters is 1. The minimum atomic E-state index is -0.282. The molecule has 0 aromatic carbocycles. The normalized spacial score (nSPS) is 9.87. The highest BCUT2D eigenvalue weighted by Gasteiger charge is 2.16. The third-order valence-electron chi connectivity index (χ3n) is 2.26. The average molecular weight is 225 g/mol. The SMILES string of the molecule is C=C(c1csc(C(=O)OC)c1C)N(C)C. The van der Waals surface area contributed by atoms with Gasteiger partial charge < -0.3 is 9.64 Å². The molecule has 0 spiro atoms. The third-order valence-corrected chi connectivity index (χ3v) is 3.32. The Morgan fingerprint density at radius 3 is 2.60 bits per heavy atom. The molecule has 0 aliphatic rings. The molecular formula is C11H15NO2S. The maximum Gasteiger partial charge on any atom is 0.348 e. The molecule has 0 aliphatic heterocycles. The van der Waals surface area contributed by atoms with Gasteiger partial charge in [0.25, 0.3) is 0 Å². The second kappa shape index (κ2) is 4.49. The summed E-state index contributed by atoms with van der Waals surface area (Å²) in [5.74, 6) is -0.282. The first-order valence-electron chi connectivity index (χ1n) is 4.52. The highest BCUT2D eigenvalue weighted by atomic mass is 32.1. The van der Waals surface area contributed by atoms with Crippen LogP contribution < -0.4 is 0 Å². The standard InChI is InChI=1S/C11H15NO2S/c1-7-9(8(2)12(3)4)6-15-10(7)11(13)14-5/h6H,2H2,1,3-5H3. The Balaban J connectivity index is 3.09. The Kier molecular flexibility index (Phi) is 3.52. The molecule has 0 saturated carbocycles. The molecule has 0 fully saturated rings. The fourth-order valence-corrected chi connectivity index (χ4v) is 2.25. The Hall–Kier alpha value is -1.29. The largest absolute Gasteiger partial charge is 0.465 e. The summed E-state index contributed by atoms with van der Waals surface area (Å²) in [4.78, 5) is 14.0. The van der Waals surface area contributed by atoms with Crippen LogP contribution in [0.2, 0.25) is 0 Å². The van der Waals surface area contributed by atoms with Gasteiger partial charge in [-0.1, -0.05) is 6.58 Å². The first-order valence-corrected chi connectivity index (χ1v) is 5.40. The predicted octanol–water partition coefficient (Wildman–Crippen LogP) is 2.38. The Bertz CT molecular complexity index is 393. The van der Waals surface area contributed by atoms with E-state index in [9.17, 15) is 4.79 Å². The molecule has 1 aromatic heterocycles. The summed E-state index contributed by atoms with van der Waals surface area (Å²) in [6, 6.07) is 0. The number of thiophene rings is 1. The number of methoxy groups -OCH3 is 1. The van der Waals surface area contributed by atoms with Crippen LogP contribution in [-0.4, -0.2) is 32.1 Å². The van der Waals surface area contributed by atoms with Gasteiger partial charge >= 0.3 is 5.97 Å². The molecule has 1 rings (SSSR count). The fourth-order valence-electron chi connectivity index (χ4n) is 1.24. The zero-order valence-electron chi connectivity index (χ0n) is 9.46. The van der Waals surface area contributed by atoms with Gasteiger partial charge in [0.1, 0.15) is 4.88 Å². The summed E-state index contributed by atoms with van der Waals surface area (Å²) in [5, 5.41) is 1.93. The van der Waals surface area contributed by atoms with Crippen molar-refractivity contribution in [3.8, 4) is 0 Å². The highest BCUT2D eigenvalue weighted by Crippen LogP contribution is 2.28. The number of hydrogen-bond donors (Lipinski definition) is 0. The number of rotatable bonds is 3. The Labute approximate surface area is 94.0 Å². The maximum atomic E-state index is 11.4. The van der Waals surface area contributed by atoms with E-state index in [1.165, 1.54) is 18.4 Å². The number of nitrogens with zero attached hydrogens (tertiary/aromatic N) is 1. The van der Waals surface area contributed by atoms with Crippen molar-refractivity contribution in [2.75, 3.05) is 21.2 Å². The lowest BCUT2D eigenvalue weighted by atomic mass is 10.1. The van der Waals surface area contributed by atoms with Crippen LogP contribution in [-0.2, 0) is 4.74 Å². The molecular weight excluding hydrogens is 210 g/mol. The molecule has 15 heavy (non-hydrogen) atoms.